The molecule has 3 rings (SSSR count). The number of aryl methyl sites for hydroxylation is 1. The molecule has 3 aromatic rings. The summed E-state index contributed by atoms with van der Waals surface area (Å²) in [7, 11) is 0. The van der Waals surface area contributed by atoms with E-state index in [1.807, 2.05) is 31.2 Å². The lowest BCUT2D eigenvalue weighted by molar-refractivity contribution is 1.18. The molecule has 0 bridgehead atoms. The third kappa shape index (κ3) is 2.58. The molecule has 0 aliphatic carbocycles. The lowest BCUT2D eigenvalue weighted by Crippen LogP contribution is -1.96. The first-order valence-corrected chi connectivity index (χ1v) is 7.81. The minimum atomic E-state index is 0.846. The number of hydrogen-bond acceptors (Lipinski definition) is 2. The zero-order valence-corrected chi connectivity index (χ0v) is 14.0. The van der Waals surface area contributed by atoms with Crippen LogP contribution in [0.2, 0.25) is 0 Å². The summed E-state index contributed by atoms with van der Waals surface area (Å²) in [5.74, 6) is 0.846. The van der Waals surface area contributed by atoms with E-state index in [2.05, 4.69) is 66.4 Å². The van der Waals surface area contributed by atoms with Gasteiger partial charge in [0.25, 0.3) is 0 Å². The third-order valence-electron chi connectivity index (χ3n) is 3.15. The van der Waals surface area contributed by atoms with E-state index in [9.17, 15) is 0 Å². The number of benzene rings is 2. The van der Waals surface area contributed by atoms with Crippen molar-refractivity contribution < 1.29 is 0 Å². The molecule has 0 fully saturated rings. The lowest BCUT2D eigenvalue weighted by atomic mass is 10.1. The first-order chi connectivity index (χ1) is 9.65. The van der Waals surface area contributed by atoms with Crippen LogP contribution in [0.4, 0.5) is 11.5 Å². The zero-order chi connectivity index (χ0) is 14.1. The van der Waals surface area contributed by atoms with Crippen molar-refractivity contribution in [3.05, 3.63) is 63.2 Å². The number of anilines is 2. The second kappa shape index (κ2) is 5.54. The largest absolute Gasteiger partial charge is 0.340 e. The quantitative estimate of drug-likeness (QED) is 0.595. The van der Waals surface area contributed by atoms with E-state index in [-0.39, 0.29) is 0 Å². The summed E-state index contributed by atoms with van der Waals surface area (Å²) in [4.78, 5) is 4.53. The number of rotatable bonds is 2. The number of fused-ring (bicyclic) bond motifs is 1. The number of nitrogens with one attached hydrogen (secondary N) is 1. The molecule has 4 heteroatoms. The van der Waals surface area contributed by atoms with Crippen LogP contribution >= 0.6 is 31.9 Å². The van der Waals surface area contributed by atoms with E-state index in [4.69, 9.17) is 0 Å². The van der Waals surface area contributed by atoms with Crippen molar-refractivity contribution in [1.82, 2.24) is 4.98 Å². The Morgan fingerprint density at radius 1 is 0.850 bits per heavy atom. The van der Waals surface area contributed by atoms with Crippen LogP contribution in [0.5, 0.6) is 0 Å². The van der Waals surface area contributed by atoms with Gasteiger partial charge in [0.15, 0.2) is 0 Å². The van der Waals surface area contributed by atoms with Crippen molar-refractivity contribution in [3.63, 3.8) is 0 Å². The third-order valence-corrected chi connectivity index (χ3v) is 4.68. The van der Waals surface area contributed by atoms with Crippen molar-refractivity contribution >= 4 is 54.1 Å². The fourth-order valence-corrected chi connectivity index (χ4v) is 2.82. The maximum absolute atomic E-state index is 4.53. The first-order valence-electron chi connectivity index (χ1n) is 6.22. The van der Waals surface area contributed by atoms with E-state index >= 15 is 0 Å². The Balaban J connectivity index is 2.06. The van der Waals surface area contributed by atoms with Gasteiger partial charge in [-0.2, -0.15) is 0 Å². The van der Waals surface area contributed by atoms with Crippen molar-refractivity contribution in [1.29, 1.82) is 0 Å². The van der Waals surface area contributed by atoms with Gasteiger partial charge in [0.1, 0.15) is 5.82 Å². The maximum Gasteiger partial charge on any atom is 0.130 e. The molecular weight excluding hydrogens is 380 g/mol. The van der Waals surface area contributed by atoms with Gasteiger partial charge >= 0.3 is 0 Å². The molecule has 0 saturated heterocycles. The van der Waals surface area contributed by atoms with E-state index < -0.39 is 0 Å². The van der Waals surface area contributed by atoms with E-state index in [1.54, 1.807) is 0 Å². The molecule has 0 unspecified atom stereocenters. The monoisotopic (exact) mass is 390 g/mol. The summed E-state index contributed by atoms with van der Waals surface area (Å²) in [6.07, 6.45) is 0. The molecule has 0 saturated carbocycles. The predicted octanol–water partition coefficient (Wildman–Crippen LogP) is 5.81. The first kappa shape index (κ1) is 13.6. The maximum atomic E-state index is 4.53. The van der Waals surface area contributed by atoms with Gasteiger partial charge in [-0.15, -0.1) is 0 Å². The highest BCUT2D eigenvalue weighted by molar-refractivity contribution is 9.11. The average Bonchev–Trinajstić information content (AvgIpc) is 2.46. The second-order valence-corrected chi connectivity index (χ2v) is 6.24. The molecule has 1 aromatic heterocycles. The number of halogens is 2. The van der Waals surface area contributed by atoms with Crippen LogP contribution < -0.4 is 5.32 Å². The molecule has 2 aromatic carbocycles. The Morgan fingerprint density at radius 2 is 1.55 bits per heavy atom. The fraction of sp³-hybridized carbons (Fsp3) is 0.0625. The number of aromatic nitrogens is 1. The molecule has 0 spiro atoms. The molecule has 2 nitrogen and oxygen atoms in total. The highest BCUT2D eigenvalue weighted by atomic mass is 79.9. The molecule has 0 aliphatic rings. The van der Waals surface area contributed by atoms with E-state index in [0.29, 0.717) is 0 Å². The summed E-state index contributed by atoms with van der Waals surface area (Å²) in [6, 6.07) is 16.4. The Kier molecular flexibility index (Phi) is 3.76. The van der Waals surface area contributed by atoms with Crippen LogP contribution in [-0.4, -0.2) is 4.98 Å². The summed E-state index contributed by atoms with van der Waals surface area (Å²) in [5.41, 5.74) is 2.02. The SMILES string of the molecule is Cc1nc(Nc2ccc(Br)c3ccccc23)ccc1Br. The minimum Gasteiger partial charge on any atom is -0.340 e. The topological polar surface area (TPSA) is 24.9 Å². The summed E-state index contributed by atoms with van der Waals surface area (Å²) >= 11 is 7.06. The second-order valence-electron chi connectivity index (χ2n) is 4.53. The normalized spacial score (nSPS) is 10.8. The summed E-state index contributed by atoms with van der Waals surface area (Å²) in [6.45, 7) is 1.98. The van der Waals surface area contributed by atoms with E-state index in [1.165, 1.54) is 10.8 Å². The van der Waals surface area contributed by atoms with Crippen LogP contribution in [0.25, 0.3) is 10.8 Å². The molecule has 0 atom stereocenters. The van der Waals surface area contributed by atoms with Gasteiger partial charge in [-0.1, -0.05) is 40.2 Å². The molecule has 100 valence electrons. The molecule has 0 radical (unpaired) electrons. The standard InChI is InChI=1S/C16H12Br2N2/c1-10-13(17)7-9-16(19-10)20-15-8-6-14(18)11-4-2-3-5-12(11)15/h2-9H,1H3,(H,19,20). The summed E-state index contributed by atoms with van der Waals surface area (Å²) < 4.78 is 2.11. The van der Waals surface area contributed by atoms with Gasteiger partial charge in [0.05, 0.1) is 5.69 Å². The van der Waals surface area contributed by atoms with Crippen LogP contribution in [0.15, 0.2) is 57.5 Å². The molecule has 0 amide bonds. The Hall–Kier alpha value is -1.39. The number of nitrogens with zero attached hydrogens (tertiary/aromatic N) is 1. The van der Waals surface area contributed by atoms with Crippen LogP contribution in [0.3, 0.4) is 0 Å². The van der Waals surface area contributed by atoms with Gasteiger partial charge in [-0.3, -0.25) is 0 Å². The Bertz CT molecular complexity index is 785. The van der Waals surface area contributed by atoms with Crippen LogP contribution in [0.1, 0.15) is 5.69 Å². The molecular formula is C16H12Br2N2. The van der Waals surface area contributed by atoms with E-state index in [0.717, 1.165) is 26.1 Å². The Morgan fingerprint density at radius 3 is 2.30 bits per heavy atom. The predicted molar refractivity (Wildman–Crippen MR) is 91.6 cm³/mol. The van der Waals surface area contributed by atoms with Crippen molar-refractivity contribution in [2.45, 2.75) is 6.92 Å². The highest BCUT2D eigenvalue weighted by Gasteiger charge is 2.05. The minimum absolute atomic E-state index is 0.846. The van der Waals surface area contributed by atoms with Crippen molar-refractivity contribution in [2.24, 2.45) is 0 Å². The highest BCUT2D eigenvalue weighted by Crippen LogP contribution is 2.31. The fourth-order valence-electron chi connectivity index (χ4n) is 2.12. The Labute approximate surface area is 134 Å². The lowest BCUT2D eigenvalue weighted by Gasteiger charge is -2.11. The van der Waals surface area contributed by atoms with Crippen molar-refractivity contribution in [3.8, 4) is 0 Å². The van der Waals surface area contributed by atoms with Gasteiger partial charge in [-0.05, 0) is 52.5 Å². The summed E-state index contributed by atoms with van der Waals surface area (Å²) in [5, 5.41) is 5.75. The van der Waals surface area contributed by atoms with Gasteiger partial charge < -0.3 is 5.32 Å². The molecule has 0 aliphatic heterocycles. The molecule has 1 heterocycles. The molecule has 20 heavy (non-hydrogen) atoms. The van der Waals surface area contributed by atoms with Gasteiger partial charge in [0.2, 0.25) is 0 Å². The molecule has 1 N–H and O–H groups in total. The number of pyridine rings is 1. The number of hydrogen-bond donors (Lipinski definition) is 1. The average molecular weight is 392 g/mol. The van der Waals surface area contributed by atoms with Gasteiger partial charge in [-0.25, -0.2) is 4.98 Å². The van der Waals surface area contributed by atoms with Crippen LogP contribution in [-0.2, 0) is 0 Å². The zero-order valence-electron chi connectivity index (χ0n) is 10.8. The van der Waals surface area contributed by atoms with Crippen LogP contribution in [0, 0.1) is 6.92 Å². The van der Waals surface area contributed by atoms with Gasteiger partial charge in [0, 0.05) is 20.0 Å². The smallest absolute Gasteiger partial charge is 0.130 e. The van der Waals surface area contributed by atoms with Crippen molar-refractivity contribution in [2.75, 3.05) is 5.32 Å².